The van der Waals surface area contributed by atoms with Crippen LogP contribution in [0.15, 0.2) is 48.8 Å². The number of ether oxygens (including phenoxy) is 3. The van der Waals surface area contributed by atoms with E-state index < -0.39 is 0 Å². The molecule has 2 aromatic heterocycles. The van der Waals surface area contributed by atoms with E-state index in [0.717, 1.165) is 6.42 Å². The summed E-state index contributed by atoms with van der Waals surface area (Å²) < 4.78 is 18.6. The van der Waals surface area contributed by atoms with Crippen LogP contribution >= 0.6 is 0 Å². The minimum Gasteiger partial charge on any atom is -0.490 e. The third kappa shape index (κ3) is 3.88. The molecule has 7 nitrogen and oxygen atoms in total. The van der Waals surface area contributed by atoms with Crippen LogP contribution in [0.5, 0.6) is 17.2 Å². The van der Waals surface area contributed by atoms with Crippen LogP contribution in [-0.2, 0) is 4.74 Å². The van der Waals surface area contributed by atoms with Gasteiger partial charge in [0, 0.05) is 12.8 Å². The number of nitrogens with one attached hydrogen (secondary N) is 1. The molecule has 0 spiro atoms. The van der Waals surface area contributed by atoms with Crippen molar-refractivity contribution in [1.82, 2.24) is 14.7 Å². The van der Waals surface area contributed by atoms with E-state index in [9.17, 15) is 4.79 Å². The molecule has 7 heteroatoms. The summed E-state index contributed by atoms with van der Waals surface area (Å²) in [5.74, 6) is 1.75. The third-order valence-corrected chi connectivity index (χ3v) is 4.30. The molecule has 4 rings (SSSR count). The molecule has 0 radical (unpaired) electrons. The third-order valence-electron chi connectivity index (χ3n) is 4.30. The van der Waals surface area contributed by atoms with E-state index in [2.05, 4.69) is 10.3 Å². The molecule has 3 aromatic rings. The standard InChI is InChI=1S/C20H21N3O4/c1-2-26-17-5-3-4-6-18(17)27-15-7-8-19-22-16(12-23(19)11-15)20(24)21-14-9-10-25-13-14/h3-8,11-12,14H,2,9-10,13H2,1H3,(H,21,24)/t14-/m0/s1. The van der Waals surface area contributed by atoms with Crippen LogP contribution in [0.25, 0.3) is 5.65 Å². The zero-order valence-corrected chi connectivity index (χ0v) is 15.1. The van der Waals surface area contributed by atoms with Crippen LogP contribution in [0.4, 0.5) is 0 Å². The van der Waals surface area contributed by atoms with Gasteiger partial charge in [-0.1, -0.05) is 12.1 Å². The van der Waals surface area contributed by atoms with Crippen molar-refractivity contribution >= 4 is 11.6 Å². The topological polar surface area (TPSA) is 74.1 Å². The van der Waals surface area contributed by atoms with Gasteiger partial charge >= 0.3 is 0 Å². The highest BCUT2D eigenvalue weighted by molar-refractivity contribution is 5.93. The summed E-state index contributed by atoms with van der Waals surface area (Å²) in [7, 11) is 0. The second-order valence-electron chi connectivity index (χ2n) is 6.27. The van der Waals surface area contributed by atoms with Gasteiger partial charge in [0.2, 0.25) is 0 Å². The van der Waals surface area contributed by atoms with Crippen molar-refractivity contribution in [3.63, 3.8) is 0 Å². The van der Waals surface area contributed by atoms with Crippen molar-refractivity contribution in [3.8, 4) is 17.2 Å². The smallest absolute Gasteiger partial charge is 0.271 e. The summed E-state index contributed by atoms with van der Waals surface area (Å²) in [5, 5.41) is 2.94. The Morgan fingerprint density at radius 1 is 1.26 bits per heavy atom. The lowest BCUT2D eigenvalue weighted by molar-refractivity contribution is 0.0925. The van der Waals surface area contributed by atoms with E-state index >= 15 is 0 Å². The number of carbonyl (C=O) groups is 1. The van der Waals surface area contributed by atoms with Crippen LogP contribution in [0.2, 0.25) is 0 Å². The quantitative estimate of drug-likeness (QED) is 0.725. The Morgan fingerprint density at radius 3 is 2.89 bits per heavy atom. The Kier molecular flexibility index (Phi) is 4.93. The zero-order valence-electron chi connectivity index (χ0n) is 15.1. The largest absolute Gasteiger partial charge is 0.490 e. The molecule has 3 heterocycles. The minimum absolute atomic E-state index is 0.0521. The Labute approximate surface area is 156 Å². The molecule has 1 saturated heterocycles. The predicted molar refractivity (Wildman–Crippen MR) is 99.6 cm³/mol. The van der Waals surface area contributed by atoms with Crippen molar-refractivity contribution in [1.29, 1.82) is 0 Å². The van der Waals surface area contributed by atoms with Gasteiger partial charge in [0.15, 0.2) is 11.5 Å². The van der Waals surface area contributed by atoms with Crippen LogP contribution in [0.3, 0.4) is 0 Å². The van der Waals surface area contributed by atoms with Gasteiger partial charge in [-0.15, -0.1) is 0 Å². The fraction of sp³-hybridized carbons (Fsp3) is 0.300. The highest BCUT2D eigenvalue weighted by atomic mass is 16.5. The average Bonchev–Trinajstić information content (AvgIpc) is 3.32. The summed E-state index contributed by atoms with van der Waals surface area (Å²) in [6.07, 6.45) is 4.32. The number of nitrogens with zero attached hydrogens (tertiary/aromatic N) is 2. The van der Waals surface area contributed by atoms with E-state index in [1.807, 2.05) is 43.3 Å². The fourth-order valence-electron chi connectivity index (χ4n) is 2.99. The molecule has 1 aliphatic heterocycles. The number of amides is 1. The first-order valence-electron chi connectivity index (χ1n) is 9.00. The molecule has 1 amide bonds. The van der Waals surface area contributed by atoms with Gasteiger partial charge in [-0.2, -0.15) is 0 Å². The van der Waals surface area contributed by atoms with Crippen molar-refractivity contribution < 1.29 is 19.0 Å². The molecule has 0 bridgehead atoms. The maximum Gasteiger partial charge on any atom is 0.271 e. The van der Waals surface area contributed by atoms with Crippen LogP contribution in [-0.4, -0.2) is 41.2 Å². The van der Waals surface area contributed by atoms with Gasteiger partial charge in [-0.3, -0.25) is 4.79 Å². The summed E-state index contributed by atoms with van der Waals surface area (Å²) in [4.78, 5) is 16.8. The monoisotopic (exact) mass is 367 g/mol. The summed E-state index contributed by atoms with van der Waals surface area (Å²) >= 11 is 0. The molecule has 1 N–H and O–H groups in total. The normalized spacial score (nSPS) is 16.4. The lowest BCUT2D eigenvalue weighted by Gasteiger charge is -2.11. The average molecular weight is 367 g/mol. The summed E-state index contributed by atoms with van der Waals surface area (Å²) in [6.45, 7) is 3.72. The molecule has 1 aromatic carbocycles. The molecule has 0 aliphatic carbocycles. The molecule has 0 unspecified atom stereocenters. The molecular formula is C20H21N3O4. The number of fused-ring (bicyclic) bond motifs is 1. The molecule has 140 valence electrons. The SMILES string of the molecule is CCOc1ccccc1Oc1ccc2nc(C(=O)N[C@H]3CCOC3)cn2c1. The summed E-state index contributed by atoms with van der Waals surface area (Å²) in [6, 6.07) is 11.2. The van der Waals surface area contributed by atoms with E-state index in [-0.39, 0.29) is 11.9 Å². The number of hydrogen-bond acceptors (Lipinski definition) is 5. The van der Waals surface area contributed by atoms with Crippen molar-refractivity contribution in [3.05, 3.63) is 54.5 Å². The first kappa shape index (κ1) is 17.4. The number of pyridine rings is 1. The summed E-state index contributed by atoms with van der Waals surface area (Å²) in [5.41, 5.74) is 1.04. The Morgan fingerprint density at radius 2 is 2.11 bits per heavy atom. The molecule has 0 saturated carbocycles. The number of hydrogen-bond donors (Lipinski definition) is 1. The van der Waals surface area contributed by atoms with Crippen molar-refractivity contribution in [2.75, 3.05) is 19.8 Å². The van der Waals surface area contributed by atoms with Gasteiger partial charge in [-0.25, -0.2) is 4.98 Å². The zero-order chi connectivity index (χ0) is 18.6. The maximum absolute atomic E-state index is 12.4. The highest BCUT2D eigenvalue weighted by Gasteiger charge is 2.20. The lowest BCUT2D eigenvalue weighted by atomic mass is 10.2. The second kappa shape index (κ2) is 7.67. The van der Waals surface area contributed by atoms with Gasteiger partial charge in [0.25, 0.3) is 5.91 Å². The Balaban J connectivity index is 1.53. The minimum atomic E-state index is -0.196. The van der Waals surface area contributed by atoms with Crippen molar-refractivity contribution in [2.45, 2.75) is 19.4 Å². The molecular weight excluding hydrogens is 346 g/mol. The predicted octanol–water partition coefficient (Wildman–Crippen LogP) is 3.04. The molecule has 1 fully saturated rings. The van der Waals surface area contributed by atoms with E-state index in [1.54, 1.807) is 16.8 Å². The van der Waals surface area contributed by atoms with E-state index in [4.69, 9.17) is 14.2 Å². The molecule has 27 heavy (non-hydrogen) atoms. The number of rotatable bonds is 6. The Hall–Kier alpha value is -3.06. The first-order chi connectivity index (χ1) is 13.2. The Bertz CT molecular complexity index is 947. The first-order valence-corrected chi connectivity index (χ1v) is 9.00. The number of carbonyl (C=O) groups excluding carboxylic acids is 1. The van der Waals surface area contributed by atoms with E-state index in [0.29, 0.717) is 48.4 Å². The maximum atomic E-state index is 12.4. The number of benzene rings is 1. The van der Waals surface area contributed by atoms with Gasteiger partial charge < -0.3 is 23.9 Å². The molecule has 1 atom stereocenters. The van der Waals surface area contributed by atoms with Crippen LogP contribution in [0, 0.1) is 0 Å². The lowest BCUT2D eigenvalue weighted by Crippen LogP contribution is -2.35. The highest BCUT2D eigenvalue weighted by Crippen LogP contribution is 2.31. The second-order valence-corrected chi connectivity index (χ2v) is 6.27. The molecule has 1 aliphatic rings. The van der Waals surface area contributed by atoms with Crippen molar-refractivity contribution in [2.24, 2.45) is 0 Å². The van der Waals surface area contributed by atoms with Crippen LogP contribution in [0.1, 0.15) is 23.8 Å². The fourth-order valence-corrected chi connectivity index (χ4v) is 2.99. The van der Waals surface area contributed by atoms with Gasteiger partial charge in [0.1, 0.15) is 17.1 Å². The number of aromatic nitrogens is 2. The van der Waals surface area contributed by atoms with E-state index in [1.165, 1.54) is 0 Å². The number of para-hydroxylation sites is 2. The van der Waals surface area contributed by atoms with Crippen LogP contribution < -0.4 is 14.8 Å². The number of imidazole rings is 1. The van der Waals surface area contributed by atoms with Gasteiger partial charge in [0.05, 0.1) is 25.5 Å². The van der Waals surface area contributed by atoms with Gasteiger partial charge in [-0.05, 0) is 37.6 Å².